The second-order valence-electron chi connectivity index (χ2n) is 11.0. The minimum Gasteiger partial charge on any atom is -0.493 e. The number of nitrogens with one attached hydrogen (secondary N) is 1. The Kier molecular flexibility index (Phi) is 12.5. The van der Waals surface area contributed by atoms with Crippen LogP contribution in [-0.4, -0.2) is 58.0 Å². The van der Waals surface area contributed by atoms with Crippen LogP contribution < -0.4 is 19.1 Å². The minimum absolute atomic E-state index is 0.0161. The van der Waals surface area contributed by atoms with Gasteiger partial charge < -0.3 is 19.7 Å². The SMILES string of the molecule is CC[C@H](C(=O)NC1CCCCC1)N(Cc1ccc(Cl)cc1Cl)C(=O)CN(c1ccc(Cl)cc1)S(=O)(=O)c1ccc(OC)c(OC)c1. The molecule has 1 saturated carbocycles. The molecule has 0 aliphatic heterocycles. The van der Waals surface area contributed by atoms with Crippen molar-refractivity contribution in [1.29, 1.82) is 0 Å². The number of sulfonamides is 1. The van der Waals surface area contributed by atoms with Gasteiger partial charge in [0.25, 0.3) is 10.0 Å². The van der Waals surface area contributed by atoms with Gasteiger partial charge in [0.05, 0.1) is 24.8 Å². The lowest BCUT2D eigenvalue weighted by atomic mass is 9.95. The van der Waals surface area contributed by atoms with Gasteiger partial charge in [-0.2, -0.15) is 0 Å². The number of ether oxygens (including phenoxy) is 2. The fourth-order valence-corrected chi connectivity index (χ4v) is 7.56. The summed E-state index contributed by atoms with van der Waals surface area (Å²) in [4.78, 5) is 29.4. The first-order valence-corrected chi connectivity index (χ1v) is 17.6. The van der Waals surface area contributed by atoms with Gasteiger partial charge in [0.2, 0.25) is 11.8 Å². The summed E-state index contributed by atoms with van der Waals surface area (Å²) in [5.74, 6) is -0.351. The summed E-state index contributed by atoms with van der Waals surface area (Å²) < 4.78 is 40.1. The molecule has 9 nitrogen and oxygen atoms in total. The Morgan fingerprint density at radius 2 is 1.54 bits per heavy atom. The molecule has 0 bridgehead atoms. The maximum atomic E-state index is 14.4. The second-order valence-corrected chi connectivity index (χ2v) is 14.2. The fraction of sp³-hybridized carbons (Fsp3) is 0.394. The van der Waals surface area contributed by atoms with E-state index in [9.17, 15) is 18.0 Å². The van der Waals surface area contributed by atoms with E-state index in [0.29, 0.717) is 32.8 Å². The zero-order valence-corrected chi connectivity index (χ0v) is 29.1. The molecule has 3 aromatic rings. The van der Waals surface area contributed by atoms with E-state index in [2.05, 4.69) is 5.32 Å². The third-order valence-electron chi connectivity index (χ3n) is 8.03. The molecule has 1 aliphatic carbocycles. The largest absolute Gasteiger partial charge is 0.493 e. The average Bonchev–Trinajstić information content (AvgIpc) is 3.04. The maximum absolute atomic E-state index is 14.4. The molecule has 1 aliphatic rings. The first kappa shape index (κ1) is 35.7. The van der Waals surface area contributed by atoms with Gasteiger partial charge in [-0.3, -0.25) is 13.9 Å². The molecule has 0 unspecified atom stereocenters. The summed E-state index contributed by atoms with van der Waals surface area (Å²) in [6.45, 7) is 1.15. The highest BCUT2D eigenvalue weighted by Gasteiger charge is 2.35. The van der Waals surface area contributed by atoms with Crippen LogP contribution in [-0.2, 0) is 26.2 Å². The van der Waals surface area contributed by atoms with E-state index in [1.54, 1.807) is 18.2 Å². The number of anilines is 1. The van der Waals surface area contributed by atoms with Gasteiger partial charge in [-0.05, 0) is 73.4 Å². The summed E-state index contributed by atoms with van der Waals surface area (Å²) in [7, 11) is -1.51. The fourth-order valence-electron chi connectivity index (χ4n) is 5.54. The van der Waals surface area contributed by atoms with Crippen LogP contribution in [0.2, 0.25) is 15.1 Å². The number of methoxy groups -OCH3 is 2. The number of halogens is 3. The van der Waals surface area contributed by atoms with E-state index in [1.165, 1.54) is 61.6 Å². The topological polar surface area (TPSA) is 105 Å². The number of benzene rings is 3. The van der Waals surface area contributed by atoms with E-state index in [4.69, 9.17) is 44.3 Å². The third kappa shape index (κ3) is 8.59. The van der Waals surface area contributed by atoms with Crippen molar-refractivity contribution in [1.82, 2.24) is 10.2 Å². The van der Waals surface area contributed by atoms with Crippen LogP contribution in [0.15, 0.2) is 65.6 Å². The van der Waals surface area contributed by atoms with Gasteiger partial charge in [0.15, 0.2) is 11.5 Å². The molecule has 1 atom stereocenters. The van der Waals surface area contributed by atoms with Crippen molar-refractivity contribution in [3.8, 4) is 11.5 Å². The second kappa shape index (κ2) is 16.1. The lowest BCUT2D eigenvalue weighted by Crippen LogP contribution is -2.54. The molecule has 0 radical (unpaired) electrons. The Bertz CT molecular complexity index is 1630. The molecular weight excluding hydrogens is 673 g/mol. The van der Waals surface area contributed by atoms with Gasteiger partial charge >= 0.3 is 0 Å². The first-order valence-electron chi connectivity index (χ1n) is 15.0. The molecule has 3 aromatic carbocycles. The molecule has 248 valence electrons. The zero-order chi connectivity index (χ0) is 33.4. The van der Waals surface area contributed by atoms with Crippen LogP contribution in [0.3, 0.4) is 0 Å². The third-order valence-corrected chi connectivity index (χ3v) is 10.6. The summed E-state index contributed by atoms with van der Waals surface area (Å²) in [6, 6.07) is 14.3. The molecule has 0 saturated heterocycles. The predicted octanol–water partition coefficient (Wildman–Crippen LogP) is 7.12. The normalized spacial score (nSPS) is 14.3. The standard InChI is InChI=1S/C33H38Cl3N3O6S/c1-4-29(33(41)37-25-8-6-5-7-9-25)38(20-22-10-11-24(35)18-28(22)36)32(40)21-39(26-14-12-23(34)13-15-26)46(42,43)27-16-17-30(44-2)31(19-27)45-3/h10-19,25,29H,4-9,20-21H2,1-3H3,(H,37,41)/t29-/m1/s1. The van der Waals surface area contributed by atoms with E-state index in [1.807, 2.05) is 6.92 Å². The van der Waals surface area contributed by atoms with Crippen molar-refractivity contribution >= 4 is 62.3 Å². The maximum Gasteiger partial charge on any atom is 0.264 e. The summed E-state index contributed by atoms with van der Waals surface area (Å²) in [6.07, 6.45) is 5.20. The van der Waals surface area contributed by atoms with E-state index in [-0.39, 0.29) is 34.8 Å². The molecule has 0 heterocycles. The number of nitrogens with zero attached hydrogens (tertiary/aromatic N) is 2. The van der Waals surface area contributed by atoms with Gasteiger partial charge in [0, 0.05) is 33.7 Å². The van der Waals surface area contributed by atoms with Crippen molar-refractivity contribution in [3.05, 3.63) is 81.3 Å². The molecule has 1 N–H and O–H groups in total. The van der Waals surface area contributed by atoms with Crippen molar-refractivity contribution in [3.63, 3.8) is 0 Å². The molecule has 0 aromatic heterocycles. The number of hydrogen-bond donors (Lipinski definition) is 1. The van der Waals surface area contributed by atoms with E-state index >= 15 is 0 Å². The Morgan fingerprint density at radius 1 is 0.891 bits per heavy atom. The number of carbonyl (C=O) groups excluding carboxylic acids is 2. The summed E-state index contributed by atoms with van der Waals surface area (Å²) >= 11 is 18.8. The lowest BCUT2D eigenvalue weighted by Gasteiger charge is -2.34. The smallest absolute Gasteiger partial charge is 0.264 e. The number of carbonyl (C=O) groups is 2. The van der Waals surface area contributed by atoms with E-state index < -0.39 is 28.5 Å². The molecule has 0 spiro atoms. The number of rotatable bonds is 13. The lowest BCUT2D eigenvalue weighted by molar-refractivity contribution is -0.140. The van der Waals surface area contributed by atoms with Crippen molar-refractivity contribution in [2.45, 2.75) is 69.0 Å². The van der Waals surface area contributed by atoms with E-state index in [0.717, 1.165) is 36.4 Å². The van der Waals surface area contributed by atoms with Crippen LogP contribution in [0.5, 0.6) is 11.5 Å². The predicted molar refractivity (Wildman–Crippen MR) is 182 cm³/mol. The molecular formula is C33H38Cl3N3O6S. The average molecular weight is 711 g/mol. The summed E-state index contributed by atoms with van der Waals surface area (Å²) in [5.41, 5.74) is 0.765. The van der Waals surface area contributed by atoms with Gasteiger partial charge in [0.1, 0.15) is 12.6 Å². The summed E-state index contributed by atoms with van der Waals surface area (Å²) in [5, 5.41) is 4.26. The van der Waals surface area contributed by atoms with Crippen LogP contribution in [0.1, 0.15) is 51.0 Å². The zero-order valence-electron chi connectivity index (χ0n) is 26.0. The number of amides is 2. The van der Waals surface area contributed by atoms with Crippen molar-refractivity contribution < 1.29 is 27.5 Å². The van der Waals surface area contributed by atoms with Crippen LogP contribution in [0.4, 0.5) is 5.69 Å². The highest BCUT2D eigenvalue weighted by Crippen LogP contribution is 2.33. The monoisotopic (exact) mass is 709 g/mol. The van der Waals surface area contributed by atoms with Gasteiger partial charge in [-0.15, -0.1) is 0 Å². The molecule has 13 heteroatoms. The van der Waals surface area contributed by atoms with Gasteiger partial charge in [-0.1, -0.05) is 67.1 Å². The molecule has 4 rings (SSSR count). The Morgan fingerprint density at radius 3 is 2.15 bits per heavy atom. The Labute approximate surface area is 285 Å². The highest BCUT2D eigenvalue weighted by atomic mass is 35.5. The minimum atomic E-state index is -4.35. The van der Waals surface area contributed by atoms with Crippen molar-refractivity contribution in [2.24, 2.45) is 0 Å². The highest BCUT2D eigenvalue weighted by molar-refractivity contribution is 7.92. The first-order chi connectivity index (χ1) is 22.0. The van der Waals surface area contributed by atoms with Crippen molar-refractivity contribution in [2.75, 3.05) is 25.1 Å². The van der Waals surface area contributed by atoms with Gasteiger partial charge in [-0.25, -0.2) is 8.42 Å². The number of hydrogen-bond acceptors (Lipinski definition) is 6. The van der Waals surface area contributed by atoms with Crippen LogP contribution >= 0.6 is 34.8 Å². The van der Waals surface area contributed by atoms with Crippen LogP contribution in [0.25, 0.3) is 0 Å². The molecule has 46 heavy (non-hydrogen) atoms. The quantitative estimate of drug-likeness (QED) is 0.203. The molecule has 1 fully saturated rings. The van der Waals surface area contributed by atoms with Crippen LogP contribution in [0, 0.1) is 0 Å². The molecule has 2 amide bonds. The Hall–Kier alpha value is -3.18. The Balaban J connectivity index is 1.75.